The molecule has 4 rings (SSSR count). The summed E-state index contributed by atoms with van der Waals surface area (Å²) in [7, 11) is -0.961. The predicted molar refractivity (Wildman–Crippen MR) is 163 cm³/mol. The van der Waals surface area contributed by atoms with E-state index < -0.39 is 7.82 Å². The van der Waals surface area contributed by atoms with Gasteiger partial charge < -0.3 is 13.6 Å². The molecule has 0 aliphatic carbocycles. The van der Waals surface area contributed by atoms with Crippen molar-refractivity contribution in [3.05, 3.63) is 92.6 Å². The number of benzene rings is 3. The van der Waals surface area contributed by atoms with E-state index in [4.69, 9.17) is 25.8 Å². The average Bonchev–Trinajstić information content (AvgIpc) is 3.30. The van der Waals surface area contributed by atoms with E-state index in [0.29, 0.717) is 23.2 Å². The van der Waals surface area contributed by atoms with Crippen LogP contribution in [0.2, 0.25) is 0 Å². The van der Waals surface area contributed by atoms with Crippen molar-refractivity contribution in [2.45, 2.75) is 59.3 Å². The van der Waals surface area contributed by atoms with Gasteiger partial charge in [-0.2, -0.15) is 4.57 Å². The Morgan fingerprint density at radius 3 is 1.95 bits per heavy atom. The molecule has 4 nitrogen and oxygen atoms in total. The first-order valence-corrected chi connectivity index (χ1v) is 16.7. The number of para-hydroxylation sites is 1. The average molecular weight is 585 g/mol. The molecule has 0 bridgehead atoms. The van der Waals surface area contributed by atoms with E-state index >= 15 is 0 Å². The van der Waals surface area contributed by atoms with Gasteiger partial charge in [-0.3, -0.25) is 0 Å². The van der Waals surface area contributed by atoms with E-state index in [1.54, 1.807) is 38.9 Å². The summed E-state index contributed by atoms with van der Waals surface area (Å²) in [6.07, 6.45) is 0. The summed E-state index contributed by atoms with van der Waals surface area (Å²) >= 11 is 5.51. The molecule has 1 unspecified atom stereocenters. The van der Waals surface area contributed by atoms with Gasteiger partial charge in [0.1, 0.15) is 21.1 Å². The highest BCUT2D eigenvalue weighted by Gasteiger charge is 2.35. The molecule has 38 heavy (non-hydrogen) atoms. The van der Waals surface area contributed by atoms with Gasteiger partial charge in [-0.25, -0.2) is 0 Å². The molecule has 0 saturated carbocycles. The van der Waals surface area contributed by atoms with Crippen LogP contribution in [-0.2, 0) is 4.57 Å². The lowest BCUT2D eigenvalue weighted by Crippen LogP contribution is -2.10. The molecule has 8 heteroatoms. The second kappa shape index (κ2) is 12.2. The first kappa shape index (κ1) is 28.6. The van der Waals surface area contributed by atoms with Crippen molar-refractivity contribution < 1.29 is 18.1 Å². The maximum absolute atomic E-state index is 14.4. The molecule has 0 spiro atoms. The lowest BCUT2D eigenvalue weighted by Gasteiger charge is -2.23. The Kier molecular flexibility index (Phi) is 9.15. The highest BCUT2D eigenvalue weighted by Crippen LogP contribution is 2.52. The van der Waals surface area contributed by atoms with E-state index in [2.05, 4.69) is 53.0 Å². The van der Waals surface area contributed by atoms with Gasteiger partial charge in [0, 0.05) is 10.9 Å². The quantitative estimate of drug-likeness (QED) is 0.105. The number of hydrogen-bond donors (Lipinski definition) is 0. The molecule has 0 aliphatic heterocycles. The van der Waals surface area contributed by atoms with Crippen molar-refractivity contribution in [2.75, 3.05) is 0 Å². The summed E-state index contributed by atoms with van der Waals surface area (Å²) in [5.74, 6) is 1.98. The Morgan fingerprint density at radius 2 is 1.37 bits per heavy atom. The second-order valence-corrected chi connectivity index (χ2v) is 14.2. The van der Waals surface area contributed by atoms with Crippen LogP contribution in [0.5, 0.6) is 17.2 Å². The number of hydrogen-bond acceptors (Lipinski definition) is 7. The maximum atomic E-state index is 14.4. The summed E-state index contributed by atoms with van der Waals surface area (Å²) in [6.45, 7) is 12.5. The van der Waals surface area contributed by atoms with E-state index in [0.717, 1.165) is 31.6 Å². The summed E-state index contributed by atoms with van der Waals surface area (Å²) in [5.41, 5.74) is 5.01. The van der Waals surface area contributed by atoms with Crippen molar-refractivity contribution in [1.82, 2.24) is 0 Å². The molecular weight excluding hydrogens is 552 g/mol. The molecule has 1 aromatic heterocycles. The predicted octanol–water partition coefficient (Wildman–Crippen LogP) is 11.2. The standard InChI is InChI=1S/C30H33O4PS3/c1-19(2)22-11-14-24(15-12-22)32-35(31,33-28-10-8-7-9-25(28)20(3)4)34-29-16-13-23(17-26(29)21(5)6)27-18-37-38-30(27)36/h7-21H,1-6H3. The Balaban J connectivity index is 1.75. The monoisotopic (exact) mass is 584 g/mol. The highest BCUT2D eigenvalue weighted by molar-refractivity contribution is 7.79. The van der Waals surface area contributed by atoms with Crippen LogP contribution < -0.4 is 13.6 Å². The van der Waals surface area contributed by atoms with Crippen LogP contribution in [-0.4, -0.2) is 0 Å². The minimum Gasteiger partial charge on any atom is -0.386 e. The smallest absolute Gasteiger partial charge is 0.386 e. The fourth-order valence-electron chi connectivity index (χ4n) is 4.03. The number of phosphoric ester groups is 1. The van der Waals surface area contributed by atoms with Gasteiger partial charge in [-0.1, -0.05) is 111 Å². The molecule has 200 valence electrons. The molecule has 1 heterocycles. The van der Waals surface area contributed by atoms with Crippen LogP contribution in [0.25, 0.3) is 11.1 Å². The fraction of sp³-hybridized carbons (Fsp3) is 0.300. The van der Waals surface area contributed by atoms with E-state index in [1.807, 2.05) is 42.5 Å². The van der Waals surface area contributed by atoms with Crippen LogP contribution in [0.15, 0.2) is 72.1 Å². The molecule has 0 saturated heterocycles. The van der Waals surface area contributed by atoms with Gasteiger partial charge in [0.05, 0.1) is 0 Å². The maximum Gasteiger partial charge on any atom is 0.647 e. The lowest BCUT2D eigenvalue weighted by molar-refractivity contribution is 0.295. The SMILES string of the molecule is CC(C)c1ccc(OP(=O)(Oc2ccccc2C(C)C)Oc2ccc(-c3cssc3=S)cc2C(C)C)cc1. The molecule has 0 N–H and O–H groups in total. The van der Waals surface area contributed by atoms with Gasteiger partial charge in [0.2, 0.25) is 0 Å². The Hall–Kier alpha value is -2.44. The third kappa shape index (κ3) is 6.76. The second-order valence-electron chi connectivity index (χ2n) is 10.0. The summed E-state index contributed by atoms with van der Waals surface area (Å²) < 4.78 is 33.6. The van der Waals surface area contributed by atoms with Gasteiger partial charge in [-0.05, 0) is 70.3 Å². The Morgan fingerprint density at radius 1 is 0.737 bits per heavy atom. The zero-order valence-corrected chi connectivity index (χ0v) is 25.8. The third-order valence-corrected chi connectivity index (χ3v) is 10.1. The van der Waals surface area contributed by atoms with Crippen molar-refractivity contribution in [3.8, 4) is 28.4 Å². The first-order chi connectivity index (χ1) is 18.1. The van der Waals surface area contributed by atoms with E-state index in [9.17, 15) is 4.57 Å². The minimum atomic E-state index is -4.16. The van der Waals surface area contributed by atoms with Gasteiger partial charge >= 0.3 is 7.82 Å². The molecule has 1 atom stereocenters. The van der Waals surface area contributed by atoms with Crippen LogP contribution in [0, 0.1) is 3.82 Å². The molecule has 0 aliphatic rings. The largest absolute Gasteiger partial charge is 0.647 e. The molecule has 0 amide bonds. The first-order valence-electron chi connectivity index (χ1n) is 12.7. The summed E-state index contributed by atoms with van der Waals surface area (Å²) in [5, 5.41) is 2.06. The zero-order valence-electron chi connectivity index (χ0n) is 22.5. The molecular formula is C30H33O4PS3. The lowest BCUT2D eigenvalue weighted by atomic mass is 9.98. The van der Waals surface area contributed by atoms with Crippen molar-refractivity contribution in [2.24, 2.45) is 0 Å². The van der Waals surface area contributed by atoms with Gasteiger partial charge in [-0.15, -0.1) is 0 Å². The Labute approximate surface area is 238 Å². The molecule has 0 radical (unpaired) electrons. The number of phosphoric acid groups is 1. The van der Waals surface area contributed by atoms with E-state index in [-0.39, 0.29) is 11.8 Å². The molecule has 3 aromatic carbocycles. The highest BCUT2D eigenvalue weighted by atomic mass is 32.9. The topological polar surface area (TPSA) is 44.8 Å². The fourth-order valence-corrected chi connectivity index (χ4v) is 7.73. The van der Waals surface area contributed by atoms with E-state index in [1.165, 1.54) is 0 Å². The summed E-state index contributed by atoms with van der Waals surface area (Å²) in [6, 6.07) is 20.9. The van der Waals surface area contributed by atoms with Crippen LogP contribution >= 0.6 is 40.7 Å². The van der Waals surface area contributed by atoms with Crippen LogP contribution in [0.3, 0.4) is 0 Å². The number of rotatable bonds is 10. The third-order valence-electron chi connectivity index (χ3n) is 6.18. The van der Waals surface area contributed by atoms with Crippen LogP contribution in [0.4, 0.5) is 0 Å². The van der Waals surface area contributed by atoms with Crippen molar-refractivity contribution >= 4 is 40.7 Å². The normalized spacial score (nSPS) is 13.1. The molecule has 4 aromatic rings. The van der Waals surface area contributed by atoms with Gasteiger partial charge in [0.15, 0.2) is 0 Å². The zero-order chi connectivity index (χ0) is 27.4. The van der Waals surface area contributed by atoms with Crippen molar-refractivity contribution in [1.29, 1.82) is 0 Å². The van der Waals surface area contributed by atoms with Crippen LogP contribution in [0.1, 0.15) is 76.0 Å². The minimum absolute atomic E-state index is 0.0996. The Bertz CT molecular complexity index is 1490. The molecule has 0 fully saturated rings. The van der Waals surface area contributed by atoms with Crippen molar-refractivity contribution in [3.63, 3.8) is 0 Å². The van der Waals surface area contributed by atoms with Gasteiger partial charge in [0.25, 0.3) is 0 Å². The summed E-state index contributed by atoms with van der Waals surface area (Å²) in [4.78, 5) is 0.